The van der Waals surface area contributed by atoms with E-state index in [0.29, 0.717) is 16.8 Å². The molecule has 0 radical (unpaired) electrons. The number of ether oxygens (including phenoxy) is 1. The third kappa shape index (κ3) is 5.06. The Kier molecular flexibility index (Phi) is 6.38. The Morgan fingerprint density at radius 2 is 2.08 bits per heavy atom. The van der Waals surface area contributed by atoms with Gasteiger partial charge in [-0.15, -0.1) is 0 Å². The molecule has 0 fully saturated rings. The SMILES string of the molecule is CCOC(=O)c1cnc(O/N=C/c2ccc(Cl)cc2Cl)nc1C(F)(F)F. The molecule has 2 aromatic rings. The van der Waals surface area contributed by atoms with Crippen LogP contribution in [-0.4, -0.2) is 28.8 Å². The lowest BCUT2D eigenvalue weighted by Gasteiger charge is -2.10. The van der Waals surface area contributed by atoms with E-state index in [-0.39, 0.29) is 11.6 Å². The van der Waals surface area contributed by atoms with Crippen molar-refractivity contribution in [3.05, 3.63) is 51.3 Å². The molecule has 0 aliphatic rings. The molecule has 0 spiro atoms. The molecule has 0 N–H and O–H groups in total. The first-order valence-electron chi connectivity index (χ1n) is 6.99. The number of aromatic nitrogens is 2. The molecule has 0 saturated carbocycles. The van der Waals surface area contributed by atoms with Crippen molar-refractivity contribution in [3.63, 3.8) is 0 Å². The Balaban J connectivity index is 2.25. The van der Waals surface area contributed by atoms with Crippen molar-refractivity contribution < 1.29 is 27.5 Å². The predicted molar refractivity (Wildman–Crippen MR) is 87.7 cm³/mol. The molecule has 0 unspecified atom stereocenters. The highest BCUT2D eigenvalue weighted by atomic mass is 35.5. The number of esters is 1. The predicted octanol–water partition coefficient (Wildman–Crippen LogP) is 4.39. The lowest BCUT2D eigenvalue weighted by Crippen LogP contribution is -2.18. The number of hydrogen-bond acceptors (Lipinski definition) is 6. The Morgan fingerprint density at radius 1 is 1.35 bits per heavy atom. The number of hydrogen-bond donors (Lipinski definition) is 0. The first-order valence-corrected chi connectivity index (χ1v) is 7.74. The van der Waals surface area contributed by atoms with Gasteiger partial charge in [-0.2, -0.15) is 18.2 Å². The number of nitrogens with zero attached hydrogens (tertiary/aromatic N) is 3. The summed E-state index contributed by atoms with van der Waals surface area (Å²) in [7, 11) is 0. The van der Waals surface area contributed by atoms with Gasteiger partial charge in [-0.25, -0.2) is 9.78 Å². The summed E-state index contributed by atoms with van der Waals surface area (Å²) >= 11 is 11.7. The fraction of sp³-hybridized carbons (Fsp3) is 0.200. The van der Waals surface area contributed by atoms with Gasteiger partial charge in [0, 0.05) is 16.8 Å². The summed E-state index contributed by atoms with van der Waals surface area (Å²) in [5.41, 5.74) is -1.90. The van der Waals surface area contributed by atoms with Crippen molar-refractivity contribution in [3.8, 4) is 6.01 Å². The molecule has 6 nitrogen and oxygen atoms in total. The minimum Gasteiger partial charge on any atom is -0.462 e. The second-order valence-corrected chi connectivity index (χ2v) is 5.47. The van der Waals surface area contributed by atoms with Crippen molar-refractivity contribution in [2.45, 2.75) is 13.1 Å². The van der Waals surface area contributed by atoms with Gasteiger partial charge < -0.3 is 9.57 Å². The molecule has 11 heteroatoms. The largest absolute Gasteiger partial charge is 0.462 e. The molecular formula is C15H10Cl2F3N3O3. The third-order valence-corrected chi connectivity index (χ3v) is 3.38. The van der Waals surface area contributed by atoms with Crippen molar-refractivity contribution in [2.75, 3.05) is 6.61 Å². The number of benzene rings is 1. The zero-order valence-corrected chi connectivity index (χ0v) is 14.6. The first-order chi connectivity index (χ1) is 12.2. The molecule has 0 aliphatic heterocycles. The minimum absolute atomic E-state index is 0.0967. The lowest BCUT2D eigenvalue weighted by molar-refractivity contribution is -0.142. The highest BCUT2D eigenvalue weighted by Gasteiger charge is 2.39. The van der Waals surface area contributed by atoms with Gasteiger partial charge >= 0.3 is 18.2 Å². The Bertz CT molecular complexity index is 845. The van der Waals surface area contributed by atoms with Gasteiger partial charge in [0.05, 0.1) is 17.8 Å². The summed E-state index contributed by atoms with van der Waals surface area (Å²) in [6.07, 6.45) is -3.10. The molecule has 0 bridgehead atoms. The number of carbonyl (C=O) groups is 1. The van der Waals surface area contributed by atoms with Gasteiger partial charge in [0.2, 0.25) is 0 Å². The lowest BCUT2D eigenvalue weighted by atomic mass is 10.2. The molecule has 0 aliphatic carbocycles. The average Bonchev–Trinajstić information content (AvgIpc) is 2.56. The zero-order valence-electron chi connectivity index (χ0n) is 13.1. The number of rotatable bonds is 5. The highest BCUT2D eigenvalue weighted by Crippen LogP contribution is 2.31. The van der Waals surface area contributed by atoms with E-state index in [0.717, 1.165) is 6.21 Å². The fourth-order valence-electron chi connectivity index (χ4n) is 1.72. The monoisotopic (exact) mass is 407 g/mol. The highest BCUT2D eigenvalue weighted by molar-refractivity contribution is 6.36. The van der Waals surface area contributed by atoms with Crippen LogP contribution >= 0.6 is 23.2 Å². The average molecular weight is 408 g/mol. The Labute approximate surface area is 155 Å². The zero-order chi connectivity index (χ0) is 19.3. The van der Waals surface area contributed by atoms with Crippen molar-refractivity contribution >= 4 is 35.4 Å². The van der Waals surface area contributed by atoms with E-state index in [4.69, 9.17) is 28.0 Å². The maximum atomic E-state index is 13.1. The van der Waals surface area contributed by atoms with Crippen molar-refractivity contribution in [1.29, 1.82) is 0 Å². The Hall–Kier alpha value is -2.39. The van der Waals surface area contributed by atoms with Crippen LogP contribution in [-0.2, 0) is 10.9 Å². The van der Waals surface area contributed by atoms with E-state index in [9.17, 15) is 18.0 Å². The number of carbonyl (C=O) groups excluding carboxylic acids is 1. The molecule has 0 saturated heterocycles. The van der Waals surface area contributed by atoms with Crippen LogP contribution in [0.2, 0.25) is 10.0 Å². The second-order valence-electron chi connectivity index (χ2n) is 4.62. The van der Waals surface area contributed by atoms with Crippen LogP contribution in [0.15, 0.2) is 29.6 Å². The molecule has 0 amide bonds. The first kappa shape index (κ1) is 19.9. The van der Waals surface area contributed by atoms with Crippen LogP contribution in [0.5, 0.6) is 6.01 Å². The maximum Gasteiger partial charge on any atom is 0.434 e. The maximum absolute atomic E-state index is 13.1. The number of halogens is 5. The van der Waals surface area contributed by atoms with E-state index in [1.807, 2.05) is 0 Å². The molecule has 2 rings (SSSR count). The smallest absolute Gasteiger partial charge is 0.434 e. The van der Waals surface area contributed by atoms with E-state index in [1.165, 1.54) is 19.1 Å². The van der Waals surface area contributed by atoms with E-state index >= 15 is 0 Å². The van der Waals surface area contributed by atoms with E-state index < -0.39 is 29.4 Å². The van der Waals surface area contributed by atoms with Gasteiger partial charge in [0.15, 0.2) is 5.69 Å². The number of oxime groups is 1. The van der Waals surface area contributed by atoms with Gasteiger partial charge in [0.1, 0.15) is 5.56 Å². The van der Waals surface area contributed by atoms with Gasteiger partial charge in [0.25, 0.3) is 0 Å². The standard InChI is InChI=1S/C15H10Cl2F3N3O3/c1-2-25-13(24)10-7-21-14(23-12(10)15(18,19)20)26-22-6-8-3-4-9(16)5-11(8)17/h3-7H,2H2,1H3/b22-6+. The summed E-state index contributed by atoms with van der Waals surface area (Å²) in [5, 5.41) is 4.14. The number of alkyl halides is 3. The molecule has 1 heterocycles. The van der Waals surface area contributed by atoms with Crippen LogP contribution in [0, 0.1) is 0 Å². The third-order valence-electron chi connectivity index (χ3n) is 2.82. The fourth-order valence-corrected chi connectivity index (χ4v) is 2.18. The van der Waals surface area contributed by atoms with Crippen LogP contribution in [0.4, 0.5) is 13.2 Å². The van der Waals surface area contributed by atoms with Crippen LogP contribution < -0.4 is 4.84 Å². The molecule has 138 valence electrons. The Morgan fingerprint density at radius 3 is 2.69 bits per heavy atom. The minimum atomic E-state index is -4.91. The van der Waals surface area contributed by atoms with E-state index in [1.54, 1.807) is 6.07 Å². The van der Waals surface area contributed by atoms with Gasteiger partial charge in [-0.05, 0) is 19.1 Å². The van der Waals surface area contributed by atoms with Crippen LogP contribution in [0.1, 0.15) is 28.5 Å². The van der Waals surface area contributed by atoms with Crippen LogP contribution in [0.3, 0.4) is 0 Å². The molecule has 26 heavy (non-hydrogen) atoms. The van der Waals surface area contributed by atoms with E-state index in [2.05, 4.69) is 19.9 Å². The summed E-state index contributed by atoms with van der Waals surface area (Å²) < 4.78 is 43.8. The molecule has 0 atom stereocenters. The summed E-state index contributed by atoms with van der Waals surface area (Å²) in [6, 6.07) is 3.83. The molecule has 1 aromatic carbocycles. The van der Waals surface area contributed by atoms with Gasteiger partial charge in [-0.3, -0.25) is 0 Å². The van der Waals surface area contributed by atoms with Crippen molar-refractivity contribution in [1.82, 2.24) is 9.97 Å². The summed E-state index contributed by atoms with van der Waals surface area (Å²) in [4.78, 5) is 23.0. The summed E-state index contributed by atoms with van der Waals surface area (Å²) in [6.45, 7) is 1.36. The molecular weight excluding hydrogens is 398 g/mol. The molecule has 1 aromatic heterocycles. The van der Waals surface area contributed by atoms with Crippen molar-refractivity contribution in [2.24, 2.45) is 5.16 Å². The van der Waals surface area contributed by atoms with Gasteiger partial charge in [-0.1, -0.05) is 34.4 Å². The van der Waals surface area contributed by atoms with Crippen LogP contribution in [0.25, 0.3) is 0 Å². The topological polar surface area (TPSA) is 73.7 Å². The second kappa shape index (κ2) is 8.33. The normalized spacial score (nSPS) is 11.6. The summed E-state index contributed by atoms with van der Waals surface area (Å²) in [5.74, 6) is -1.19. The quantitative estimate of drug-likeness (QED) is 0.417.